The van der Waals surface area contributed by atoms with Crippen molar-refractivity contribution in [2.75, 3.05) is 11.9 Å². The largest absolute Gasteiger partial charge is 0.481 e. The smallest absolute Gasteiger partial charge is 0.304 e. The second kappa shape index (κ2) is 9.39. The van der Waals surface area contributed by atoms with Crippen molar-refractivity contribution in [1.29, 1.82) is 0 Å². The lowest BCUT2D eigenvalue weighted by atomic mass is 9.96. The third-order valence-corrected chi connectivity index (χ3v) is 5.34. The van der Waals surface area contributed by atoms with Crippen LogP contribution in [0.15, 0.2) is 61.1 Å². The number of fused-ring (bicyclic) bond motifs is 1. The lowest BCUT2D eigenvalue weighted by Gasteiger charge is -2.17. The zero-order valence-corrected chi connectivity index (χ0v) is 16.9. The van der Waals surface area contributed by atoms with Crippen LogP contribution in [0.25, 0.3) is 6.08 Å². The topological polar surface area (TPSA) is 80.0 Å². The molecule has 0 radical (unpaired) electrons. The molecule has 0 saturated carbocycles. The molecule has 0 amide bonds. The standard InChI is InChI=1S/C24H26N4O2/c29-23(30)14-20(18-6-2-1-3-7-18)15-28-16-22(26-17-28)10-4-9-21-12-11-19-8-5-13-25-24(19)27-21/h1-4,6-7,10-12,16-17,20H,5,8-9,13-15H2,(H,25,27)(H,29,30). The molecule has 2 aromatic heterocycles. The number of carbonyl (C=O) groups is 1. The molecule has 3 aromatic rings. The Balaban J connectivity index is 1.39. The summed E-state index contributed by atoms with van der Waals surface area (Å²) in [6.45, 7) is 1.57. The quantitative estimate of drug-likeness (QED) is 0.592. The van der Waals surface area contributed by atoms with E-state index in [1.807, 2.05) is 47.2 Å². The summed E-state index contributed by atoms with van der Waals surface area (Å²) in [5, 5.41) is 12.6. The Morgan fingerprint density at radius 1 is 1.23 bits per heavy atom. The zero-order valence-electron chi connectivity index (χ0n) is 16.9. The highest BCUT2D eigenvalue weighted by atomic mass is 16.4. The van der Waals surface area contributed by atoms with E-state index >= 15 is 0 Å². The number of nitrogens with one attached hydrogen (secondary N) is 1. The Hall–Kier alpha value is -3.41. The first-order valence-electron chi connectivity index (χ1n) is 10.3. The van der Waals surface area contributed by atoms with E-state index in [1.165, 1.54) is 5.56 Å². The van der Waals surface area contributed by atoms with Crippen LogP contribution in [-0.4, -0.2) is 32.2 Å². The summed E-state index contributed by atoms with van der Waals surface area (Å²) in [5.74, 6) is 0.125. The number of nitrogens with zero attached hydrogens (tertiary/aromatic N) is 3. The molecule has 1 unspecified atom stereocenters. The van der Waals surface area contributed by atoms with Crippen LogP contribution in [0, 0.1) is 0 Å². The number of aryl methyl sites for hydroxylation is 1. The maximum Gasteiger partial charge on any atom is 0.304 e. The molecule has 1 aromatic carbocycles. The summed E-state index contributed by atoms with van der Waals surface area (Å²) in [6.07, 6.45) is 10.9. The maximum absolute atomic E-state index is 11.3. The van der Waals surface area contributed by atoms with Crippen molar-refractivity contribution in [2.24, 2.45) is 0 Å². The van der Waals surface area contributed by atoms with Crippen molar-refractivity contribution in [3.8, 4) is 0 Å². The number of hydrogen-bond acceptors (Lipinski definition) is 4. The van der Waals surface area contributed by atoms with Crippen LogP contribution in [-0.2, 0) is 24.2 Å². The molecule has 2 N–H and O–H groups in total. The van der Waals surface area contributed by atoms with Crippen LogP contribution in [0.4, 0.5) is 5.82 Å². The molecule has 30 heavy (non-hydrogen) atoms. The molecular weight excluding hydrogens is 376 g/mol. The molecule has 3 heterocycles. The molecule has 1 atom stereocenters. The van der Waals surface area contributed by atoms with Crippen molar-refractivity contribution in [2.45, 2.75) is 38.1 Å². The van der Waals surface area contributed by atoms with Gasteiger partial charge in [0.1, 0.15) is 5.82 Å². The first-order chi connectivity index (χ1) is 14.7. The van der Waals surface area contributed by atoms with E-state index in [4.69, 9.17) is 4.98 Å². The van der Waals surface area contributed by atoms with Gasteiger partial charge >= 0.3 is 5.97 Å². The SMILES string of the molecule is O=C(O)CC(Cn1cnc(C=CCc2ccc3c(n2)NCCC3)c1)c1ccccc1. The molecule has 6 nitrogen and oxygen atoms in total. The number of pyridine rings is 1. The number of hydrogen-bond donors (Lipinski definition) is 2. The minimum atomic E-state index is -0.795. The number of rotatable bonds is 8. The number of carboxylic acid groups (broad SMARTS) is 1. The van der Waals surface area contributed by atoms with E-state index in [9.17, 15) is 9.90 Å². The molecule has 0 saturated heterocycles. The van der Waals surface area contributed by atoms with Gasteiger partial charge in [0.05, 0.1) is 18.4 Å². The summed E-state index contributed by atoms with van der Waals surface area (Å²) in [5.41, 5.74) is 4.21. The van der Waals surface area contributed by atoms with E-state index in [2.05, 4.69) is 28.5 Å². The monoisotopic (exact) mass is 402 g/mol. The third kappa shape index (κ3) is 5.14. The first kappa shape index (κ1) is 19.9. The molecule has 1 aliphatic heterocycles. The van der Waals surface area contributed by atoms with E-state index < -0.39 is 5.97 Å². The van der Waals surface area contributed by atoms with Crippen LogP contribution in [0.2, 0.25) is 0 Å². The lowest BCUT2D eigenvalue weighted by Crippen LogP contribution is -2.13. The van der Waals surface area contributed by atoms with Gasteiger partial charge in [-0.25, -0.2) is 9.97 Å². The average Bonchev–Trinajstić information content (AvgIpc) is 3.21. The van der Waals surface area contributed by atoms with E-state index in [-0.39, 0.29) is 12.3 Å². The van der Waals surface area contributed by atoms with Gasteiger partial charge in [0.15, 0.2) is 0 Å². The number of allylic oxidation sites excluding steroid dienone is 1. The molecule has 1 aliphatic rings. The van der Waals surface area contributed by atoms with Crippen molar-refractivity contribution in [3.63, 3.8) is 0 Å². The van der Waals surface area contributed by atoms with Gasteiger partial charge in [-0.15, -0.1) is 0 Å². The summed E-state index contributed by atoms with van der Waals surface area (Å²) < 4.78 is 1.96. The summed E-state index contributed by atoms with van der Waals surface area (Å²) in [7, 11) is 0. The van der Waals surface area contributed by atoms with Crippen LogP contribution >= 0.6 is 0 Å². The fourth-order valence-corrected chi connectivity index (χ4v) is 3.82. The van der Waals surface area contributed by atoms with E-state index in [0.717, 1.165) is 48.6 Å². The normalized spacial score (nSPS) is 14.3. The highest BCUT2D eigenvalue weighted by Gasteiger charge is 2.16. The number of anilines is 1. The fraction of sp³-hybridized carbons (Fsp3) is 0.292. The molecular formula is C24H26N4O2. The maximum atomic E-state index is 11.3. The minimum Gasteiger partial charge on any atom is -0.481 e. The minimum absolute atomic E-state index is 0.0887. The van der Waals surface area contributed by atoms with Gasteiger partial charge in [-0.3, -0.25) is 4.79 Å². The molecule has 0 aliphatic carbocycles. The summed E-state index contributed by atoms with van der Waals surface area (Å²) in [4.78, 5) is 20.4. The Kier molecular flexibility index (Phi) is 6.23. The van der Waals surface area contributed by atoms with E-state index in [0.29, 0.717) is 6.54 Å². The Labute approximate surface area is 176 Å². The highest BCUT2D eigenvalue weighted by Crippen LogP contribution is 2.22. The number of benzene rings is 1. The molecule has 154 valence electrons. The second-order valence-electron chi connectivity index (χ2n) is 7.65. The first-order valence-corrected chi connectivity index (χ1v) is 10.3. The number of aromatic nitrogens is 3. The highest BCUT2D eigenvalue weighted by molar-refractivity contribution is 5.68. The van der Waals surface area contributed by atoms with Gasteiger partial charge in [-0.05, 0) is 36.1 Å². The average molecular weight is 402 g/mol. The summed E-state index contributed by atoms with van der Waals surface area (Å²) in [6, 6.07) is 14.0. The number of carboxylic acids is 1. The van der Waals surface area contributed by atoms with Gasteiger partial charge < -0.3 is 15.0 Å². The van der Waals surface area contributed by atoms with E-state index in [1.54, 1.807) is 6.33 Å². The Bertz CT molecular complexity index is 1030. The summed E-state index contributed by atoms with van der Waals surface area (Å²) >= 11 is 0. The van der Waals surface area contributed by atoms with Crippen molar-refractivity contribution in [1.82, 2.24) is 14.5 Å². The second-order valence-corrected chi connectivity index (χ2v) is 7.65. The van der Waals surface area contributed by atoms with Gasteiger partial charge in [-0.2, -0.15) is 0 Å². The fourth-order valence-electron chi connectivity index (χ4n) is 3.82. The van der Waals surface area contributed by atoms with Crippen LogP contribution in [0.5, 0.6) is 0 Å². The predicted octanol–water partition coefficient (Wildman–Crippen LogP) is 4.15. The van der Waals surface area contributed by atoms with Gasteiger partial charge in [0, 0.05) is 37.3 Å². The molecule has 0 spiro atoms. The number of aliphatic carboxylic acids is 1. The number of imidazole rings is 1. The Morgan fingerprint density at radius 2 is 2.10 bits per heavy atom. The zero-order chi connectivity index (χ0) is 20.8. The van der Waals surface area contributed by atoms with Gasteiger partial charge in [-0.1, -0.05) is 42.5 Å². The molecule has 0 fully saturated rings. The van der Waals surface area contributed by atoms with Crippen molar-refractivity contribution < 1.29 is 9.90 Å². The van der Waals surface area contributed by atoms with Crippen molar-refractivity contribution >= 4 is 17.9 Å². The Morgan fingerprint density at radius 3 is 2.93 bits per heavy atom. The van der Waals surface area contributed by atoms with Gasteiger partial charge in [0.2, 0.25) is 0 Å². The van der Waals surface area contributed by atoms with Crippen LogP contribution in [0.1, 0.15) is 41.3 Å². The molecule has 4 rings (SSSR count). The molecule has 6 heteroatoms. The lowest BCUT2D eigenvalue weighted by molar-refractivity contribution is -0.137. The molecule has 0 bridgehead atoms. The van der Waals surface area contributed by atoms with Crippen molar-refractivity contribution in [3.05, 3.63) is 83.6 Å². The van der Waals surface area contributed by atoms with Gasteiger partial charge in [0.25, 0.3) is 0 Å². The third-order valence-electron chi connectivity index (χ3n) is 5.34. The van der Waals surface area contributed by atoms with Crippen LogP contribution < -0.4 is 5.32 Å². The predicted molar refractivity (Wildman–Crippen MR) is 117 cm³/mol. The van der Waals surface area contributed by atoms with Crippen LogP contribution in [0.3, 0.4) is 0 Å².